The van der Waals surface area contributed by atoms with E-state index in [-0.39, 0.29) is 11.2 Å². The standard InChI is InChI=1S/C11H17N3O2S/c1-8(17(2)16)6-7-13-11(15)9-4-3-5-10(12)14-9/h3-5,8H,6-7H2,1-2H3,(H2,12,14)(H,13,15). The zero-order valence-electron chi connectivity index (χ0n) is 9.97. The van der Waals surface area contributed by atoms with Crippen LogP contribution in [0.15, 0.2) is 18.2 Å². The molecule has 3 N–H and O–H groups in total. The van der Waals surface area contributed by atoms with Crippen molar-refractivity contribution in [3.05, 3.63) is 23.9 Å². The van der Waals surface area contributed by atoms with Crippen molar-refractivity contribution in [3.8, 4) is 0 Å². The predicted octanol–water partition coefficient (Wildman–Crippen LogP) is 0.551. The second-order valence-electron chi connectivity index (χ2n) is 3.80. The number of nitrogens with zero attached hydrogens (tertiary/aromatic N) is 1. The first-order chi connectivity index (χ1) is 8.00. The smallest absolute Gasteiger partial charge is 0.269 e. The summed E-state index contributed by atoms with van der Waals surface area (Å²) in [5.41, 5.74) is 5.78. The van der Waals surface area contributed by atoms with Crippen LogP contribution in [0.25, 0.3) is 0 Å². The molecule has 0 aliphatic rings. The molecule has 17 heavy (non-hydrogen) atoms. The number of aromatic nitrogens is 1. The van der Waals surface area contributed by atoms with Crippen molar-refractivity contribution in [2.45, 2.75) is 18.6 Å². The molecule has 1 rings (SSSR count). The number of carbonyl (C=O) groups is 1. The van der Waals surface area contributed by atoms with Crippen LogP contribution >= 0.6 is 0 Å². The Bertz CT molecular complexity index is 423. The van der Waals surface area contributed by atoms with E-state index in [1.165, 1.54) is 0 Å². The van der Waals surface area contributed by atoms with Gasteiger partial charge in [-0.2, -0.15) is 0 Å². The number of pyridine rings is 1. The van der Waals surface area contributed by atoms with Crippen LogP contribution in [-0.2, 0) is 10.8 Å². The molecule has 94 valence electrons. The summed E-state index contributed by atoms with van der Waals surface area (Å²) in [6.45, 7) is 2.37. The van der Waals surface area contributed by atoms with Gasteiger partial charge in [0.15, 0.2) is 0 Å². The molecule has 0 aromatic carbocycles. The monoisotopic (exact) mass is 255 g/mol. The number of anilines is 1. The van der Waals surface area contributed by atoms with Crippen LogP contribution < -0.4 is 11.1 Å². The van der Waals surface area contributed by atoms with Gasteiger partial charge in [0.2, 0.25) is 0 Å². The summed E-state index contributed by atoms with van der Waals surface area (Å²) < 4.78 is 11.1. The van der Waals surface area contributed by atoms with Crippen molar-refractivity contribution in [1.29, 1.82) is 0 Å². The van der Waals surface area contributed by atoms with Gasteiger partial charge in [-0.15, -0.1) is 0 Å². The molecule has 1 amide bonds. The fraction of sp³-hybridized carbons (Fsp3) is 0.455. The van der Waals surface area contributed by atoms with Gasteiger partial charge in [-0.1, -0.05) is 13.0 Å². The summed E-state index contributed by atoms with van der Waals surface area (Å²) >= 11 is 0. The Morgan fingerprint density at radius 2 is 2.29 bits per heavy atom. The van der Waals surface area contributed by atoms with Crippen LogP contribution in [-0.4, -0.2) is 33.2 Å². The van der Waals surface area contributed by atoms with E-state index in [1.807, 2.05) is 6.92 Å². The summed E-state index contributed by atoms with van der Waals surface area (Å²) in [5.74, 6) is 0.0621. The zero-order valence-corrected chi connectivity index (χ0v) is 10.8. The maximum atomic E-state index is 11.6. The van der Waals surface area contributed by atoms with Crippen LogP contribution in [0.1, 0.15) is 23.8 Å². The van der Waals surface area contributed by atoms with Crippen LogP contribution in [0.5, 0.6) is 0 Å². The molecule has 0 saturated carbocycles. The molecule has 0 aliphatic carbocycles. The van der Waals surface area contributed by atoms with E-state index in [0.717, 1.165) is 0 Å². The van der Waals surface area contributed by atoms with Crippen molar-refractivity contribution in [2.75, 3.05) is 18.5 Å². The van der Waals surface area contributed by atoms with Gasteiger partial charge < -0.3 is 11.1 Å². The van der Waals surface area contributed by atoms with E-state index in [9.17, 15) is 9.00 Å². The number of nitrogens with one attached hydrogen (secondary N) is 1. The van der Waals surface area contributed by atoms with Gasteiger partial charge in [0.05, 0.1) is 0 Å². The van der Waals surface area contributed by atoms with Crippen molar-refractivity contribution < 1.29 is 9.00 Å². The fourth-order valence-corrected chi connectivity index (χ4v) is 1.67. The molecule has 2 atom stereocenters. The minimum absolute atomic E-state index is 0.0732. The van der Waals surface area contributed by atoms with Gasteiger partial charge in [-0.05, 0) is 18.6 Å². The zero-order chi connectivity index (χ0) is 12.8. The molecule has 0 fully saturated rings. The quantitative estimate of drug-likeness (QED) is 0.804. The van der Waals surface area contributed by atoms with Gasteiger partial charge in [0.25, 0.3) is 5.91 Å². The number of nitrogens with two attached hydrogens (primary N) is 1. The van der Waals surface area contributed by atoms with Gasteiger partial charge in [0, 0.05) is 28.9 Å². The fourth-order valence-electron chi connectivity index (χ4n) is 1.22. The van der Waals surface area contributed by atoms with E-state index in [1.54, 1.807) is 24.5 Å². The summed E-state index contributed by atoms with van der Waals surface area (Å²) in [4.78, 5) is 15.6. The first-order valence-corrected chi connectivity index (χ1v) is 6.96. The van der Waals surface area contributed by atoms with E-state index >= 15 is 0 Å². The molecular formula is C11H17N3O2S. The minimum Gasteiger partial charge on any atom is -0.384 e. The Kier molecular flexibility index (Phi) is 5.09. The molecule has 1 heterocycles. The SMILES string of the molecule is CC(CCNC(=O)c1cccc(N)n1)S(C)=O. The Labute approximate surface area is 103 Å². The highest BCUT2D eigenvalue weighted by Crippen LogP contribution is 2.01. The largest absolute Gasteiger partial charge is 0.384 e. The van der Waals surface area contributed by atoms with E-state index in [2.05, 4.69) is 10.3 Å². The molecule has 6 heteroatoms. The van der Waals surface area contributed by atoms with Crippen molar-refractivity contribution >= 4 is 22.5 Å². The molecule has 1 aromatic rings. The number of amides is 1. The number of rotatable bonds is 5. The highest BCUT2D eigenvalue weighted by atomic mass is 32.2. The Morgan fingerprint density at radius 3 is 2.88 bits per heavy atom. The topological polar surface area (TPSA) is 85.1 Å². The van der Waals surface area contributed by atoms with Gasteiger partial charge in [-0.25, -0.2) is 4.98 Å². The molecule has 0 aliphatic heterocycles. The Hall–Kier alpha value is -1.43. The summed E-state index contributed by atoms with van der Waals surface area (Å²) in [7, 11) is -0.860. The molecule has 0 bridgehead atoms. The summed E-state index contributed by atoms with van der Waals surface area (Å²) in [6, 6.07) is 4.91. The van der Waals surface area contributed by atoms with Crippen LogP contribution in [0, 0.1) is 0 Å². The van der Waals surface area contributed by atoms with Gasteiger partial charge in [-0.3, -0.25) is 9.00 Å². The highest BCUT2D eigenvalue weighted by Gasteiger charge is 2.09. The number of hydrogen-bond acceptors (Lipinski definition) is 4. The van der Waals surface area contributed by atoms with Gasteiger partial charge in [0.1, 0.15) is 11.5 Å². The first-order valence-electron chi connectivity index (χ1n) is 5.33. The lowest BCUT2D eigenvalue weighted by Crippen LogP contribution is -2.28. The Morgan fingerprint density at radius 1 is 1.59 bits per heavy atom. The maximum absolute atomic E-state index is 11.6. The van der Waals surface area contributed by atoms with Crippen LogP contribution in [0.2, 0.25) is 0 Å². The molecule has 0 spiro atoms. The second kappa shape index (κ2) is 6.34. The average molecular weight is 255 g/mol. The summed E-state index contributed by atoms with van der Waals surface area (Å²) in [6.07, 6.45) is 2.34. The second-order valence-corrected chi connectivity index (χ2v) is 5.60. The van der Waals surface area contributed by atoms with E-state index < -0.39 is 10.8 Å². The maximum Gasteiger partial charge on any atom is 0.269 e. The molecule has 2 unspecified atom stereocenters. The number of nitrogen functional groups attached to an aromatic ring is 1. The predicted molar refractivity (Wildman–Crippen MR) is 69.1 cm³/mol. The third kappa shape index (κ3) is 4.52. The van der Waals surface area contributed by atoms with Gasteiger partial charge >= 0.3 is 0 Å². The third-order valence-electron chi connectivity index (χ3n) is 2.41. The molecular weight excluding hydrogens is 238 g/mol. The molecule has 5 nitrogen and oxygen atoms in total. The normalized spacial score (nSPS) is 14.0. The van der Waals surface area contributed by atoms with Crippen molar-refractivity contribution in [3.63, 3.8) is 0 Å². The van der Waals surface area contributed by atoms with Crippen LogP contribution in [0.4, 0.5) is 5.82 Å². The van der Waals surface area contributed by atoms with E-state index in [0.29, 0.717) is 24.5 Å². The highest BCUT2D eigenvalue weighted by molar-refractivity contribution is 7.84. The van der Waals surface area contributed by atoms with E-state index in [4.69, 9.17) is 5.73 Å². The summed E-state index contributed by atoms with van der Waals surface area (Å²) in [5, 5.41) is 2.79. The molecule has 0 radical (unpaired) electrons. The molecule has 0 saturated heterocycles. The molecule has 1 aromatic heterocycles. The van der Waals surface area contributed by atoms with Crippen molar-refractivity contribution in [2.24, 2.45) is 0 Å². The average Bonchev–Trinajstić information content (AvgIpc) is 2.28. The first kappa shape index (κ1) is 13.6. The Balaban J connectivity index is 2.43. The lowest BCUT2D eigenvalue weighted by atomic mass is 10.3. The lowest BCUT2D eigenvalue weighted by Gasteiger charge is -2.09. The number of carbonyl (C=O) groups excluding carboxylic acids is 1. The third-order valence-corrected chi connectivity index (χ3v) is 3.78. The van der Waals surface area contributed by atoms with Crippen molar-refractivity contribution in [1.82, 2.24) is 10.3 Å². The lowest BCUT2D eigenvalue weighted by molar-refractivity contribution is 0.0948. The minimum atomic E-state index is -0.860. The van der Waals surface area contributed by atoms with Crippen LogP contribution in [0.3, 0.4) is 0 Å². The number of hydrogen-bond donors (Lipinski definition) is 2.